The Bertz CT molecular complexity index is 187. The Morgan fingerprint density at radius 1 is 1.31 bits per heavy atom. The maximum absolute atomic E-state index is 11.3. The molecule has 0 atom stereocenters. The van der Waals surface area contributed by atoms with Gasteiger partial charge < -0.3 is 5.32 Å². The molecule has 0 aromatic heterocycles. The van der Waals surface area contributed by atoms with Gasteiger partial charge in [0, 0.05) is 19.1 Å². The minimum atomic E-state index is 0.351. The Morgan fingerprint density at radius 2 is 2.08 bits per heavy atom. The van der Waals surface area contributed by atoms with Gasteiger partial charge in [-0.2, -0.15) is 0 Å². The molecule has 2 rings (SSSR count). The number of carbonyl (C=O) groups excluding carboxylic acids is 1. The molecule has 1 saturated heterocycles. The third kappa shape index (κ3) is 2.29. The fraction of sp³-hybridized carbons (Fsp3) is 0.900. The molecule has 0 spiro atoms. The SMILES string of the molecule is O=C1CNCCN(C2CCCC2)C1. The van der Waals surface area contributed by atoms with Crippen molar-refractivity contribution in [3.63, 3.8) is 0 Å². The van der Waals surface area contributed by atoms with Gasteiger partial charge in [0.05, 0.1) is 13.1 Å². The quantitative estimate of drug-likeness (QED) is 0.637. The highest BCUT2D eigenvalue weighted by atomic mass is 16.1. The third-order valence-corrected chi connectivity index (χ3v) is 3.12. The van der Waals surface area contributed by atoms with Crippen LogP contribution < -0.4 is 5.32 Å². The van der Waals surface area contributed by atoms with Gasteiger partial charge >= 0.3 is 0 Å². The lowest BCUT2D eigenvalue weighted by molar-refractivity contribution is -0.119. The van der Waals surface area contributed by atoms with E-state index in [1.807, 2.05) is 0 Å². The summed E-state index contributed by atoms with van der Waals surface area (Å²) in [6.45, 7) is 3.28. The number of Topliss-reactive ketones (excluding diaryl/α,β-unsaturated/α-hetero) is 1. The molecule has 3 nitrogen and oxygen atoms in total. The van der Waals surface area contributed by atoms with Crippen LogP contribution in [0.15, 0.2) is 0 Å². The molecule has 1 aliphatic carbocycles. The first-order chi connectivity index (χ1) is 6.36. The van der Waals surface area contributed by atoms with Crippen molar-refractivity contribution in [2.24, 2.45) is 0 Å². The summed E-state index contributed by atoms with van der Waals surface area (Å²) in [5, 5.41) is 3.16. The van der Waals surface area contributed by atoms with Gasteiger partial charge in [-0.25, -0.2) is 0 Å². The molecule has 0 aromatic carbocycles. The number of hydrogen-bond acceptors (Lipinski definition) is 3. The van der Waals surface area contributed by atoms with Gasteiger partial charge in [0.25, 0.3) is 0 Å². The summed E-state index contributed by atoms with van der Waals surface area (Å²) in [5.41, 5.74) is 0. The predicted octanol–water partition coefficient (Wildman–Crippen LogP) is 0.403. The topological polar surface area (TPSA) is 32.3 Å². The molecule has 74 valence electrons. The van der Waals surface area contributed by atoms with Crippen LogP contribution in [0.2, 0.25) is 0 Å². The summed E-state index contributed by atoms with van der Waals surface area (Å²) in [4.78, 5) is 13.7. The Morgan fingerprint density at radius 3 is 2.85 bits per heavy atom. The monoisotopic (exact) mass is 182 g/mol. The van der Waals surface area contributed by atoms with Crippen molar-refractivity contribution in [2.75, 3.05) is 26.2 Å². The Labute approximate surface area is 79.5 Å². The van der Waals surface area contributed by atoms with E-state index in [4.69, 9.17) is 0 Å². The fourth-order valence-electron chi connectivity index (χ4n) is 2.39. The molecule has 0 bridgehead atoms. The molecule has 0 aromatic rings. The lowest BCUT2D eigenvalue weighted by Crippen LogP contribution is -2.37. The van der Waals surface area contributed by atoms with E-state index in [2.05, 4.69) is 10.2 Å². The van der Waals surface area contributed by atoms with Crippen LogP contribution in [0.5, 0.6) is 0 Å². The average molecular weight is 182 g/mol. The maximum Gasteiger partial charge on any atom is 0.160 e. The lowest BCUT2D eigenvalue weighted by atomic mass is 10.2. The highest BCUT2D eigenvalue weighted by molar-refractivity contribution is 5.82. The van der Waals surface area contributed by atoms with Crippen molar-refractivity contribution in [1.82, 2.24) is 10.2 Å². The van der Waals surface area contributed by atoms with Gasteiger partial charge in [0.15, 0.2) is 5.78 Å². The molecule has 3 heteroatoms. The van der Waals surface area contributed by atoms with Crippen LogP contribution in [-0.4, -0.2) is 42.9 Å². The van der Waals surface area contributed by atoms with E-state index in [0.29, 0.717) is 24.9 Å². The largest absolute Gasteiger partial charge is 0.309 e. The minimum absolute atomic E-state index is 0.351. The first-order valence-corrected chi connectivity index (χ1v) is 5.33. The number of rotatable bonds is 1. The number of nitrogens with one attached hydrogen (secondary N) is 1. The lowest BCUT2D eigenvalue weighted by Gasteiger charge is -2.25. The molecule has 1 N–H and O–H groups in total. The molecule has 0 amide bonds. The van der Waals surface area contributed by atoms with Crippen LogP contribution in [0, 0.1) is 0 Å². The molecule has 1 saturated carbocycles. The van der Waals surface area contributed by atoms with E-state index in [0.717, 1.165) is 13.1 Å². The van der Waals surface area contributed by atoms with Crippen molar-refractivity contribution in [3.8, 4) is 0 Å². The zero-order valence-corrected chi connectivity index (χ0v) is 8.09. The first-order valence-electron chi connectivity index (χ1n) is 5.33. The van der Waals surface area contributed by atoms with Crippen molar-refractivity contribution in [3.05, 3.63) is 0 Å². The summed E-state index contributed by atoms with van der Waals surface area (Å²) in [6.07, 6.45) is 5.30. The Balaban J connectivity index is 1.92. The Hall–Kier alpha value is -0.410. The zero-order chi connectivity index (χ0) is 9.10. The van der Waals surface area contributed by atoms with E-state index in [9.17, 15) is 4.79 Å². The summed E-state index contributed by atoms with van der Waals surface area (Å²) >= 11 is 0. The van der Waals surface area contributed by atoms with E-state index in [1.54, 1.807) is 0 Å². The van der Waals surface area contributed by atoms with E-state index in [1.165, 1.54) is 25.7 Å². The second-order valence-corrected chi connectivity index (χ2v) is 4.12. The summed E-state index contributed by atoms with van der Waals surface area (Å²) in [7, 11) is 0. The van der Waals surface area contributed by atoms with Crippen LogP contribution in [0.25, 0.3) is 0 Å². The average Bonchev–Trinajstić information content (AvgIpc) is 2.56. The highest BCUT2D eigenvalue weighted by Gasteiger charge is 2.25. The van der Waals surface area contributed by atoms with Gasteiger partial charge in [-0.3, -0.25) is 9.69 Å². The maximum atomic E-state index is 11.3. The van der Waals surface area contributed by atoms with E-state index in [-0.39, 0.29) is 0 Å². The van der Waals surface area contributed by atoms with Gasteiger partial charge in [-0.15, -0.1) is 0 Å². The number of ketones is 1. The molecule has 1 aliphatic heterocycles. The summed E-state index contributed by atoms with van der Waals surface area (Å²) in [6, 6.07) is 0.698. The van der Waals surface area contributed by atoms with Crippen LogP contribution in [0.1, 0.15) is 25.7 Å². The highest BCUT2D eigenvalue weighted by Crippen LogP contribution is 2.23. The molecule has 0 radical (unpaired) electrons. The van der Waals surface area contributed by atoms with Gasteiger partial charge in [0.2, 0.25) is 0 Å². The van der Waals surface area contributed by atoms with Gasteiger partial charge in [-0.05, 0) is 12.8 Å². The number of nitrogens with zero attached hydrogens (tertiary/aromatic N) is 1. The third-order valence-electron chi connectivity index (χ3n) is 3.12. The van der Waals surface area contributed by atoms with Crippen LogP contribution in [0.4, 0.5) is 0 Å². The number of carbonyl (C=O) groups is 1. The molecule has 13 heavy (non-hydrogen) atoms. The fourth-order valence-corrected chi connectivity index (χ4v) is 2.39. The molecule has 1 heterocycles. The summed E-state index contributed by atoms with van der Waals surface area (Å²) in [5.74, 6) is 0.351. The second-order valence-electron chi connectivity index (χ2n) is 4.12. The van der Waals surface area contributed by atoms with Crippen LogP contribution >= 0.6 is 0 Å². The number of hydrogen-bond donors (Lipinski definition) is 1. The van der Waals surface area contributed by atoms with Crippen molar-refractivity contribution in [2.45, 2.75) is 31.7 Å². The molecule has 2 fully saturated rings. The van der Waals surface area contributed by atoms with Crippen LogP contribution in [0.3, 0.4) is 0 Å². The summed E-state index contributed by atoms with van der Waals surface area (Å²) < 4.78 is 0. The smallest absolute Gasteiger partial charge is 0.160 e. The van der Waals surface area contributed by atoms with Gasteiger partial charge in [-0.1, -0.05) is 12.8 Å². The normalized spacial score (nSPS) is 27.8. The van der Waals surface area contributed by atoms with Crippen molar-refractivity contribution >= 4 is 5.78 Å². The molecule has 0 unspecified atom stereocenters. The molecular formula is C10H18N2O. The van der Waals surface area contributed by atoms with Gasteiger partial charge in [0.1, 0.15) is 0 Å². The molecule has 2 aliphatic rings. The van der Waals surface area contributed by atoms with E-state index >= 15 is 0 Å². The minimum Gasteiger partial charge on any atom is -0.309 e. The standard InChI is InChI=1S/C10H18N2O/c13-10-7-11-5-6-12(8-10)9-3-1-2-4-9/h9,11H,1-8H2. The second kappa shape index (κ2) is 4.20. The van der Waals surface area contributed by atoms with Crippen molar-refractivity contribution < 1.29 is 4.79 Å². The Kier molecular flexibility index (Phi) is 2.96. The van der Waals surface area contributed by atoms with Crippen molar-refractivity contribution in [1.29, 1.82) is 0 Å². The predicted molar refractivity (Wildman–Crippen MR) is 51.7 cm³/mol. The zero-order valence-electron chi connectivity index (χ0n) is 8.09. The van der Waals surface area contributed by atoms with Crippen LogP contribution in [-0.2, 0) is 4.79 Å². The first kappa shape index (κ1) is 9.16. The van der Waals surface area contributed by atoms with E-state index < -0.39 is 0 Å². The molecular weight excluding hydrogens is 164 g/mol.